The Bertz CT molecular complexity index is 829. The molecular formula is C19H21F3N4O2S. The van der Waals surface area contributed by atoms with E-state index in [2.05, 4.69) is 20.8 Å². The minimum Gasteiger partial charge on any atom is -0.325 e. The first-order chi connectivity index (χ1) is 13.8. The van der Waals surface area contributed by atoms with Gasteiger partial charge >= 0.3 is 6.18 Å². The fourth-order valence-corrected chi connectivity index (χ4v) is 4.07. The van der Waals surface area contributed by atoms with Gasteiger partial charge in [0.2, 0.25) is 11.8 Å². The zero-order valence-electron chi connectivity index (χ0n) is 15.6. The second kappa shape index (κ2) is 9.43. The number of nitrogens with zero attached hydrogens (tertiary/aromatic N) is 2. The van der Waals surface area contributed by atoms with Crippen LogP contribution >= 0.6 is 11.8 Å². The largest absolute Gasteiger partial charge is 0.418 e. The summed E-state index contributed by atoms with van der Waals surface area (Å²) in [4.78, 5) is 24.3. The van der Waals surface area contributed by atoms with Gasteiger partial charge in [-0.25, -0.2) is 0 Å². The minimum atomic E-state index is -4.58. The van der Waals surface area contributed by atoms with Gasteiger partial charge < -0.3 is 10.6 Å². The first-order valence-electron chi connectivity index (χ1n) is 9.40. The molecule has 1 aliphatic heterocycles. The molecule has 0 aromatic heterocycles. The number of nitrogens with one attached hydrogen (secondary N) is 2. The minimum absolute atomic E-state index is 0.266. The van der Waals surface area contributed by atoms with E-state index in [1.54, 1.807) is 0 Å². The number of carbonyl (C=O) groups is 2. The number of thioether (sulfide) groups is 1. The van der Waals surface area contributed by atoms with Crippen LogP contribution < -0.4 is 10.6 Å². The number of hydrogen-bond acceptors (Lipinski definition) is 5. The van der Waals surface area contributed by atoms with Crippen molar-refractivity contribution in [2.75, 3.05) is 5.32 Å². The molecule has 0 spiro atoms. The van der Waals surface area contributed by atoms with Crippen molar-refractivity contribution >= 4 is 40.1 Å². The molecule has 6 nitrogen and oxygen atoms in total. The van der Waals surface area contributed by atoms with E-state index in [0.717, 1.165) is 49.2 Å². The third-order valence-corrected chi connectivity index (χ3v) is 5.69. The normalized spacial score (nSPS) is 21.6. The molecule has 0 bridgehead atoms. The quantitative estimate of drug-likeness (QED) is 0.555. The van der Waals surface area contributed by atoms with E-state index >= 15 is 0 Å². The fourth-order valence-electron chi connectivity index (χ4n) is 3.15. The molecule has 1 aromatic carbocycles. The van der Waals surface area contributed by atoms with Crippen LogP contribution in [0.2, 0.25) is 0 Å². The second-order valence-electron chi connectivity index (χ2n) is 6.88. The smallest absolute Gasteiger partial charge is 0.325 e. The summed E-state index contributed by atoms with van der Waals surface area (Å²) >= 11 is 1.06. The Kier molecular flexibility index (Phi) is 6.94. The van der Waals surface area contributed by atoms with E-state index < -0.39 is 28.8 Å². The van der Waals surface area contributed by atoms with Gasteiger partial charge in [0.15, 0.2) is 5.17 Å². The standard InChI is InChI=1S/C19H21F3N4O2S/c20-19(21,22)13-9-5-6-10-14(13)23-16(27)11-15-17(28)24-18(29-15)26-25-12-7-3-1-2-4-8-12/h5-6,9-10,15H,1-4,7-8,11H2,(H,23,27)(H,24,26,28)/t15-/m1/s1. The van der Waals surface area contributed by atoms with Gasteiger partial charge in [-0.1, -0.05) is 36.7 Å². The molecule has 1 aromatic rings. The van der Waals surface area contributed by atoms with Crippen LogP contribution in [0.5, 0.6) is 0 Å². The van der Waals surface area contributed by atoms with Crippen molar-refractivity contribution in [3.8, 4) is 0 Å². The molecule has 1 atom stereocenters. The average Bonchev–Trinajstić information content (AvgIpc) is 2.84. The highest BCUT2D eigenvalue weighted by atomic mass is 32.2. The van der Waals surface area contributed by atoms with Gasteiger partial charge in [0.1, 0.15) is 5.25 Å². The van der Waals surface area contributed by atoms with Crippen LogP contribution in [-0.2, 0) is 15.8 Å². The van der Waals surface area contributed by atoms with Crippen LogP contribution in [-0.4, -0.2) is 27.9 Å². The first-order valence-corrected chi connectivity index (χ1v) is 10.3. The van der Waals surface area contributed by atoms with Gasteiger partial charge in [-0.05, 0) is 37.8 Å². The summed E-state index contributed by atoms with van der Waals surface area (Å²) in [6, 6.07) is 4.72. The van der Waals surface area contributed by atoms with Crippen molar-refractivity contribution in [2.24, 2.45) is 10.2 Å². The molecule has 29 heavy (non-hydrogen) atoms. The molecule has 1 saturated carbocycles. The van der Waals surface area contributed by atoms with Crippen molar-refractivity contribution in [3.63, 3.8) is 0 Å². The molecule has 3 rings (SSSR count). The molecule has 0 unspecified atom stereocenters. The third kappa shape index (κ3) is 6.06. The number of halogens is 3. The Morgan fingerprint density at radius 2 is 1.83 bits per heavy atom. The predicted molar refractivity (Wildman–Crippen MR) is 107 cm³/mol. The van der Waals surface area contributed by atoms with E-state index in [1.165, 1.54) is 31.0 Å². The monoisotopic (exact) mass is 426 g/mol. The lowest BCUT2D eigenvalue weighted by Crippen LogP contribution is -2.28. The number of amidine groups is 1. The molecule has 2 fully saturated rings. The molecule has 2 aliphatic rings. The highest BCUT2D eigenvalue weighted by molar-refractivity contribution is 8.15. The fraction of sp³-hybridized carbons (Fsp3) is 0.474. The topological polar surface area (TPSA) is 82.9 Å². The first kappa shape index (κ1) is 21.4. The van der Waals surface area contributed by atoms with Crippen LogP contribution in [0.1, 0.15) is 50.5 Å². The van der Waals surface area contributed by atoms with Crippen molar-refractivity contribution in [1.29, 1.82) is 0 Å². The molecule has 2 amide bonds. The van der Waals surface area contributed by atoms with Gasteiger partial charge in [-0.3, -0.25) is 9.59 Å². The molecule has 2 N–H and O–H groups in total. The molecule has 1 aliphatic carbocycles. The number of para-hydroxylation sites is 1. The Balaban J connectivity index is 1.60. The van der Waals surface area contributed by atoms with Gasteiger partial charge in [-0.15, -0.1) is 5.10 Å². The lowest BCUT2D eigenvalue weighted by atomic mass is 10.1. The van der Waals surface area contributed by atoms with Crippen LogP contribution in [0.15, 0.2) is 34.5 Å². The zero-order chi connectivity index (χ0) is 20.9. The van der Waals surface area contributed by atoms with Gasteiger partial charge in [0.25, 0.3) is 0 Å². The number of anilines is 1. The third-order valence-electron chi connectivity index (χ3n) is 4.62. The molecular weight excluding hydrogens is 405 g/mol. The number of benzene rings is 1. The van der Waals surface area contributed by atoms with Gasteiger partial charge in [0.05, 0.1) is 11.3 Å². The number of rotatable bonds is 4. The number of carbonyl (C=O) groups excluding carboxylic acids is 2. The molecule has 0 radical (unpaired) electrons. The summed E-state index contributed by atoms with van der Waals surface area (Å²) in [5.74, 6) is -1.08. The Morgan fingerprint density at radius 1 is 1.14 bits per heavy atom. The summed E-state index contributed by atoms with van der Waals surface area (Å²) in [5, 5.41) is 12.7. The van der Waals surface area contributed by atoms with E-state index in [4.69, 9.17) is 0 Å². The molecule has 10 heteroatoms. The molecule has 1 heterocycles. The van der Waals surface area contributed by atoms with Crippen LogP contribution in [0.25, 0.3) is 0 Å². The summed E-state index contributed by atoms with van der Waals surface area (Å²) < 4.78 is 39.1. The maximum absolute atomic E-state index is 13.0. The summed E-state index contributed by atoms with van der Waals surface area (Å²) in [6.45, 7) is 0. The highest BCUT2D eigenvalue weighted by Gasteiger charge is 2.35. The van der Waals surface area contributed by atoms with E-state index in [0.29, 0.717) is 5.17 Å². The van der Waals surface area contributed by atoms with Gasteiger partial charge in [-0.2, -0.15) is 18.3 Å². The van der Waals surface area contributed by atoms with Gasteiger partial charge in [0, 0.05) is 12.1 Å². The number of alkyl halides is 3. The molecule has 1 saturated heterocycles. The maximum atomic E-state index is 13.0. The predicted octanol–water partition coefficient (Wildman–Crippen LogP) is 4.33. The molecule has 156 valence electrons. The Morgan fingerprint density at radius 3 is 2.52 bits per heavy atom. The van der Waals surface area contributed by atoms with E-state index in [1.807, 2.05) is 0 Å². The zero-order valence-corrected chi connectivity index (χ0v) is 16.4. The van der Waals surface area contributed by atoms with Crippen molar-refractivity contribution in [2.45, 2.75) is 56.4 Å². The maximum Gasteiger partial charge on any atom is 0.418 e. The van der Waals surface area contributed by atoms with Crippen molar-refractivity contribution in [3.05, 3.63) is 29.8 Å². The second-order valence-corrected chi connectivity index (χ2v) is 8.07. The van der Waals surface area contributed by atoms with E-state index in [-0.39, 0.29) is 12.1 Å². The van der Waals surface area contributed by atoms with Crippen LogP contribution in [0.4, 0.5) is 18.9 Å². The number of amides is 2. The number of hydrogen-bond donors (Lipinski definition) is 2. The SMILES string of the molecule is O=C(C[C@H]1S/C(=N/N=C2CCCCCC2)NC1=O)Nc1ccccc1C(F)(F)F. The summed E-state index contributed by atoms with van der Waals surface area (Å²) in [6.07, 6.45) is 1.43. The summed E-state index contributed by atoms with van der Waals surface area (Å²) in [5.41, 5.74) is -0.268. The Hall–Kier alpha value is -2.36. The average molecular weight is 426 g/mol. The van der Waals surface area contributed by atoms with Crippen molar-refractivity contribution in [1.82, 2.24) is 5.32 Å². The van der Waals surface area contributed by atoms with E-state index in [9.17, 15) is 22.8 Å². The lowest BCUT2D eigenvalue weighted by Gasteiger charge is -2.14. The Labute approximate surface area is 170 Å². The van der Waals surface area contributed by atoms with Crippen LogP contribution in [0, 0.1) is 0 Å². The highest BCUT2D eigenvalue weighted by Crippen LogP contribution is 2.34. The summed E-state index contributed by atoms with van der Waals surface area (Å²) in [7, 11) is 0. The van der Waals surface area contributed by atoms with Crippen LogP contribution in [0.3, 0.4) is 0 Å². The van der Waals surface area contributed by atoms with Crippen molar-refractivity contribution < 1.29 is 22.8 Å². The lowest BCUT2D eigenvalue weighted by molar-refractivity contribution is -0.137.